The lowest BCUT2D eigenvalue weighted by Gasteiger charge is -2.37. The maximum atomic E-state index is 4.66. The summed E-state index contributed by atoms with van der Waals surface area (Å²) in [6.45, 7) is 8.10. The van der Waals surface area contributed by atoms with Crippen molar-refractivity contribution in [2.45, 2.75) is 13.8 Å². The Morgan fingerprint density at radius 3 is 2.34 bits per heavy atom. The zero-order valence-electron chi connectivity index (χ0n) is 16.8. The van der Waals surface area contributed by atoms with Crippen molar-refractivity contribution < 1.29 is 0 Å². The molecule has 0 unspecified atom stereocenters. The number of anilines is 2. The molecular weight excluding hydrogens is 360 g/mol. The van der Waals surface area contributed by atoms with Crippen LogP contribution in [-0.4, -0.2) is 45.7 Å². The van der Waals surface area contributed by atoms with Gasteiger partial charge in [-0.05, 0) is 43.2 Å². The number of hydrogen-bond acceptors (Lipinski definition) is 5. The van der Waals surface area contributed by atoms with Gasteiger partial charge in [-0.1, -0.05) is 30.3 Å². The number of aryl methyl sites for hydroxylation is 2. The van der Waals surface area contributed by atoms with E-state index in [0.29, 0.717) is 0 Å². The number of benzene rings is 2. The molecule has 1 saturated heterocycles. The fourth-order valence-electron chi connectivity index (χ4n) is 4.05. The third-order valence-electron chi connectivity index (χ3n) is 5.63. The number of aromatic nitrogens is 4. The maximum Gasteiger partial charge on any atom is 0.170 e. The Morgan fingerprint density at radius 1 is 0.793 bits per heavy atom. The van der Waals surface area contributed by atoms with Crippen molar-refractivity contribution in [1.29, 1.82) is 0 Å². The summed E-state index contributed by atoms with van der Waals surface area (Å²) < 4.78 is 2.02. The minimum atomic E-state index is 0.846. The molecule has 1 aliphatic heterocycles. The van der Waals surface area contributed by atoms with E-state index in [1.807, 2.05) is 29.1 Å². The molecule has 0 aliphatic carbocycles. The van der Waals surface area contributed by atoms with Crippen LogP contribution in [0.4, 0.5) is 11.5 Å². The minimum absolute atomic E-state index is 0.846. The van der Waals surface area contributed by atoms with Gasteiger partial charge in [-0.2, -0.15) is 0 Å². The third-order valence-corrected chi connectivity index (χ3v) is 5.63. The van der Waals surface area contributed by atoms with Gasteiger partial charge in [-0.15, -0.1) is 0 Å². The van der Waals surface area contributed by atoms with Gasteiger partial charge in [0.25, 0.3) is 0 Å². The highest BCUT2D eigenvalue weighted by Gasteiger charge is 2.22. The van der Waals surface area contributed by atoms with E-state index in [1.165, 1.54) is 16.8 Å². The topological polar surface area (TPSA) is 50.1 Å². The number of hydrogen-bond donors (Lipinski definition) is 0. The zero-order chi connectivity index (χ0) is 19.8. The first-order valence-corrected chi connectivity index (χ1v) is 10.0. The van der Waals surface area contributed by atoms with E-state index in [1.54, 1.807) is 6.33 Å². The Hall–Kier alpha value is -3.41. The van der Waals surface area contributed by atoms with Crippen LogP contribution in [0.15, 0.2) is 61.2 Å². The molecule has 0 saturated carbocycles. The molecule has 0 atom stereocenters. The van der Waals surface area contributed by atoms with E-state index in [4.69, 9.17) is 0 Å². The Balaban J connectivity index is 1.41. The summed E-state index contributed by atoms with van der Waals surface area (Å²) in [5.41, 5.74) is 6.73. The Kier molecular flexibility index (Phi) is 4.39. The first kappa shape index (κ1) is 17.7. The van der Waals surface area contributed by atoms with Crippen LogP contribution in [0.1, 0.15) is 11.1 Å². The Morgan fingerprint density at radius 2 is 1.55 bits per heavy atom. The highest BCUT2D eigenvalue weighted by molar-refractivity contribution is 5.84. The van der Waals surface area contributed by atoms with Crippen LogP contribution in [0, 0.1) is 13.8 Å². The van der Waals surface area contributed by atoms with Crippen LogP contribution < -0.4 is 9.80 Å². The van der Waals surface area contributed by atoms with Crippen LogP contribution in [-0.2, 0) is 0 Å². The molecule has 146 valence electrons. The van der Waals surface area contributed by atoms with Gasteiger partial charge in [0.2, 0.25) is 0 Å². The number of rotatable bonds is 3. The van der Waals surface area contributed by atoms with Crippen LogP contribution in [0.25, 0.3) is 16.9 Å². The van der Waals surface area contributed by atoms with Crippen molar-refractivity contribution in [3.05, 3.63) is 72.3 Å². The molecule has 2 aromatic carbocycles. The summed E-state index contributed by atoms with van der Waals surface area (Å²) in [6, 6.07) is 16.9. The molecule has 2 aromatic heterocycles. The van der Waals surface area contributed by atoms with Crippen LogP contribution in [0.2, 0.25) is 0 Å². The average Bonchev–Trinajstić information content (AvgIpc) is 3.20. The number of piperazine rings is 1. The molecular formula is C23H24N6. The van der Waals surface area contributed by atoms with Gasteiger partial charge in [0.05, 0.1) is 0 Å². The van der Waals surface area contributed by atoms with Gasteiger partial charge in [-0.25, -0.2) is 15.0 Å². The van der Waals surface area contributed by atoms with E-state index < -0.39 is 0 Å². The second-order valence-electron chi connectivity index (χ2n) is 7.58. The van der Waals surface area contributed by atoms with Crippen molar-refractivity contribution in [2.75, 3.05) is 36.0 Å². The molecule has 6 nitrogen and oxygen atoms in total. The molecule has 3 heterocycles. The number of para-hydroxylation sites is 1. The summed E-state index contributed by atoms with van der Waals surface area (Å²) in [5.74, 6) is 0.922. The summed E-state index contributed by atoms with van der Waals surface area (Å²) >= 11 is 0. The van der Waals surface area contributed by atoms with Crippen molar-refractivity contribution >= 4 is 22.7 Å². The van der Waals surface area contributed by atoms with E-state index >= 15 is 0 Å². The van der Waals surface area contributed by atoms with E-state index in [2.05, 4.69) is 68.9 Å². The molecule has 1 fully saturated rings. The predicted molar refractivity (Wildman–Crippen MR) is 117 cm³/mol. The average molecular weight is 384 g/mol. The van der Waals surface area contributed by atoms with Gasteiger partial charge < -0.3 is 9.80 Å². The molecule has 4 aromatic rings. The van der Waals surface area contributed by atoms with Crippen LogP contribution in [0.3, 0.4) is 0 Å². The molecule has 0 spiro atoms. The standard InChI is InChI=1S/C23H24N6/c1-17-8-9-18(2)20(14-17)27-10-12-28(13-11-27)22-21-23(25-15-24-22)29(16-26-21)19-6-4-3-5-7-19/h3-9,14-16H,10-13H2,1-2H3. The highest BCUT2D eigenvalue weighted by atomic mass is 15.3. The van der Waals surface area contributed by atoms with Crippen molar-refractivity contribution in [3.63, 3.8) is 0 Å². The van der Waals surface area contributed by atoms with Crippen LogP contribution in [0.5, 0.6) is 0 Å². The second kappa shape index (κ2) is 7.20. The monoisotopic (exact) mass is 384 g/mol. The normalized spacial score (nSPS) is 14.6. The van der Waals surface area contributed by atoms with Gasteiger partial charge in [0.1, 0.15) is 12.7 Å². The second-order valence-corrected chi connectivity index (χ2v) is 7.58. The lowest BCUT2D eigenvalue weighted by molar-refractivity contribution is 0.647. The predicted octanol–water partition coefficient (Wildman–Crippen LogP) is 3.76. The molecule has 29 heavy (non-hydrogen) atoms. The van der Waals surface area contributed by atoms with Crippen molar-refractivity contribution in [3.8, 4) is 5.69 Å². The lowest BCUT2D eigenvalue weighted by Crippen LogP contribution is -2.47. The quantitative estimate of drug-likeness (QED) is 0.538. The fraction of sp³-hybridized carbons (Fsp3) is 0.261. The van der Waals surface area contributed by atoms with E-state index in [9.17, 15) is 0 Å². The van der Waals surface area contributed by atoms with Gasteiger partial charge in [0.15, 0.2) is 17.0 Å². The van der Waals surface area contributed by atoms with Gasteiger partial charge >= 0.3 is 0 Å². The van der Waals surface area contributed by atoms with Gasteiger partial charge in [0, 0.05) is 37.6 Å². The van der Waals surface area contributed by atoms with Gasteiger partial charge in [-0.3, -0.25) is 4.57 Å². The SMILES string of the molecule is Cc1ccc(C)c(N2CCN(c3ncnc4c3ncn4-c3ccccc3)CC2)c1. The first-order chi connectivity index (χ1) is 14.2. The fourth-order valence-corrected chi connectivity index (χ4v) is 4.05. The molecule has 0 radical (unpaired) electrons. The van der Waals surface area contributed by atoms with Crippen LogP contribution >= 0.6 is 0 Å². The molecule has 1 aliphatic rings. The molecule has 6 heteroatoms. The minimum Gasteiger partial charge on any atom is -0.368 e. The summed E-state index contributed by atoms with van der Waals surface area (Å²) in [7, 11) is 0. The molecule has 0 bridgehead atoms. The third kappa shape index (κ3) is 3.20. The molecule has 5 rings (SSSR count). The summed E-state index contributed by atoms with van der Waals surface area (Å²) in [6.07, 6.45) is 3.49. The maximum absolute atomic E-state index is 4.66. The Labute approximate surface area is 170 Å². The smallest absolute Gasteiger partial charge is 0.170 e. The molecule has 0 N–H and O–H groups in total. The molecule has 0 amide bonds. The number of imidazole rings is 1. The summed E-state index contributed by atoms with van der Waals surface area (Å²) in [5, 5.41) is 0. The lowest BCUT2D eigenvalue weighted by atomic mass is 10.1. The number of fused-ring (bicyclic) bond motifs is 1. The van der Waals surface area contributed by atoms with Crippen molar-refractivity contribution in [2.24, 2.45) is 0 Å². The summed E-state index contributed by atoms with van der Waals surface area (Å²) in [4.78, 5) is 18.6. The zero-order valence-corrected chi connectivity index (χ0v) is 16.8. The number of nitrogens with zero attached hydrogens (tertiary/aromatic N) is 6. The first-order valence-electron chi connectivity index (χ1n) is 10.0. The Bertz CT molecular complexity index is 1140. The largest absolute Gasteiger partial charge is 0.368 e. The van der Waals surface area contributed by atoms with E-state index in [0.717, 1.165) is 48.8 Å². The van der Waals surface area contributed by atoms with Crippen molar-refractivity contribution in [1.82, 2.24) is 19.5 Å². The van der Waals surface area contributed by atoms with E-state index in [-0.39, 0.29) is 0 Å². The highest BCUT2D eigenvalue weighted by Crippen LogP contribution is 2.27.